The van der Waals surface area contributed by atoms with Crippen molar-refractivity contribution in [3.63, 3.8) is 0 Å². The van der Waals surface area contributed by atoms with Crippen LogP contribution in [0.3, 0.4) is 0 Å². The molecule has 0 N–H and O–H groups in total. The SMILES string of the molecule is Cc1cccc(COc2c(F)cc(CBr)cc2F)c1. The first-order valence-corrected chi connectivity index (χ1v) is 6.94. The summed E-state index contributed by atoms with van der Waals surface area (Å²) < 4.78 is 32.6. The van der Waals surface area contributed by atoms with Gasteiger partial charge >= 0.3 is 0 Å². The summed E-state index contributed by atoms with van der Waals surface area (Å²) in [6.07, 6.45) is 0. The number of hydrogen-bond donors (Lipinski definition) is 0. The number of rotatable bonds is 4. The Morgan fingerprint density at radius 1 is 1.05 bits per heavy atom. The molecule has 0 fully saturated rings. The molecule has 0 atom stereocenters. The van der Waals surface area contributed by atoms with Crippen molar-refractivity contribution in [3.05, 3.63) is 64.7 Å². The van der Waals surface area contributed by atoms with E-state index in [9.17, 15) is 8.78 Å². The molecule has 0 aliphatic carbocycles. The van der Waals surface area contributed by atoms with Crippen molar-refractivity contribution in [1.29, 1.82) is 0 Å². The summed E-state index contributed by atoms with van der Waals surface area (Å²) in [6, 6.07) is 10.1. The maximum atomic E-state index is 13.7. The molecule has 1 nitrogen and oxygen atoms in total. The molecule has 2 aromatic rings. The highest BCUT2D eigenvalue weighted by molar-refractivity contribution is 9.08. The number of aryl methyl sites for hydroxylation is 1. The summed E-state index contributed by atoms with van der Waals surface area (Å²) in [5, 5.41) is 0.402. The van der Waals surface area contributed by atoms with Crippen LogP contribution in [0.4, 0.5) is 8.78 Å². The Kier molecular flexibility index (Phi) is 4.53. The second-order valence-corrected chi connectivity index (χ2v) is 4.86. The first-order valence-electron chi connectivity index (χ1n) is 5.82. The van der Waals surface area contributed by atoms with Gasteiger partial charge < -0.3 is 4.74 Å². The van der Waals surface area contributed by atoms with Crippen molar-refractivity contribution in [3.8, 4) is 5.75 Å². The van der Waals surface area contributed by atoms with Crippen LogP contribution in [0.15, 0.2) is 36.4 Å². The zero-order valence-electron chi connectivity index (χ0n) is 10.4. The zero-order chi connectivity index (χ0) is 13.8. The van der Waals surface area contributed by atoms with Crippen molar-refractivity contribution >= 4 is 15.9 Å². The van der Waals surface area contributed by atoms with E-state index in [0.29, 0.717) is 10.9 Å². The van der Waals surface area contributed by atoms with Crippen LogP contribution in [0.1, 0.15) is 16.7 Å². The Balaban J connectivity index is 2.16. The van der Waals surface area contributed by atoms with E-state index in [0.717, 1.165) is 11.1 Å². The number of halogens is 3. The topological polar surface area (TPSA) is 9.23 Å². The molecule has 0 heterocycles. The first kappa shape index (κ1) is 14.0. The van der Waals surface area contributed by atoms with Crippen LogP contribution in [0.5, 0.6) is 5.75 Å². The fraction of sp³-hybridized carbons (Fsp3) is 0.200. The fourth-order valence-electron chi connectivity index (χ4n) is 1.78. The van der Waals surface area contributed by atoms with E-state index in [1.165, 1.54) is 12.1 Å². The van der Waals surface area contributed by atoms with Crippen LogP contribution in [-0.2, 0) is 11.9 Å². The maximum absolute atomic E-state index is 13.7. The molecular formula is C15H13BrF2O. The average molecular weight is 327 g/mol. The molecule has 0 bridgehead atoms. The van der Waals surface area contributed by atoms with Crippen LogP contribution in [0.2, 0.25) is 0 Å². The summed E-state index contributed by atoms with van der Waals surface area (Å²) in [5.41, 5.74) is 2.50. The molecule has 0 aliphatic heterocycles. The second kappa shape index (κ2) is 6.15. The minimum absolute atomic E-state index is 0.142. The third-order valence-corrected chi connectivity index (χ3v) is 3.33. The van der Waals surface area contributed by atoms with E-state index < -0.39 is 11.6 Å². The van der Waals surface area contributed by atoms with Gasteiger partial charge in [-0.05, 0) is 30.2 Å². The van der Waals surface area contributed by atoms with Gasteiger partial charge in [0, 0.05) is 5.33 Å². The molecule has 100 valence electrons. The quantitative estimate of drug-likeness (QED) is 0.737. The first-order chi connectivity index (χ1) is 9.10. The third kappa shape index (κ3) is 3.53. The van der Waals surface area contributed by atoms with E-state index in [4.69, 9.17) is 4.74 Å². The fourth-order valence-corrected chi connectivity index (χ4v) is 2.11. The van der Waals surface area contributed by atoms with Crippen molar-refractivity contribution in [2.45, 2.75) is 18.9 Å². The third-order valence-electron chi connectivity index (χ3n) is 2.68. The Bertz CT molecular complexity index is 561. The van der Waals surface area contributed by atoms with E-state index in [1.54, 1.807) is 0 Å². The van der Waals surface area contributed by atoms with Crippen LogP contribution >= 0.6 is 15.9 Å². The Morgan fingerprint density at radius 2 is 1.74 bits per heavy atom. The lowest BCUT2D eigenvalue weighted by Crippen LogP contribution is -2.01. The molecule has 0 radical (unpaired) electrons. The molecule has 2 rings (SSSR count). The molecular weight excluding hydrogens is 314 g/mol. The molecule has 0 aromatic heterocycles. The number of benzene rings is 2. The van der Waals surface area contributed by atoms with E-state index in [1.807, 2.05) is 31.2 Å². The van der Waals surface area contributed by atoms with Gasteiger partial charge in [-0.15, -0.1) is 0 Å². The Hall–Kier alpha value is -1.42. The molecule has 0 spiro atoms. The molecule has 2 aromatic carbocycles. The average Bonchev–Trinajstić information content (AvgIpc) is 2.37. The molecule has 0 saturated heterocycles. The van der Waals surface area contributed by atoms with Crippen molar-refractivity contribution in [2.75, 3.05) is 0 Å². The largest absolute Gasteiger partial charge is 0.483 e. The molecule has 19 heavy (non-hydrogen) atoms. The van der Waals surface area contributed by atoms with Gasteiger partial charge in [-0.3, -0.25) is 0 Å². The van der Waals surface area contributed by atoms with E-state index >= 15 is 0 Å². The maximum Gasteiger partial charge on any atom is 0.191 e. The summed E-state index contributed by atoms with van der Waals surface area (Å²) in [6.45, 7) is 2.10. The summed E-state index contributed by atoms with van der Waals surface area (Å²) in [5.74, 6) is -1.68. The summed E-state index contributed by atoms with van der Waals surface area (Å²) in [7, 11) is 0. The molecule has 4 heteroatoms. The highest BCUT2D eigenvalue weighted by Gasteiger charge is 2.12. The van der Waals surface area contributed by atoms with E-state index in [2.05, 4.69) is 15.9 Å². The van der Waals surface area contributed by atoms with Gasteiger partial charge in [-0.1, -0.05) is 45.8 Å². The van der Waals surface area contributed by atoms with Crippen LogP contribution in [0.25, 0.3) is 0 Å². The summed E-state index contributed by atoms with van der Waals surface area (Å²) >= 11 is 3.16. The van der Waals surface area contributed by atoms with Gasteiger partial charge in [0.25, 0.3) is 0 Å². The van der Waals surface area contributed by atoms with E-state index in [-0.39, 0.29) is 12.4 Å². The Labute approximate surface area is 119 Å². The number of alkyl halides is 1. The zero-order valence-corrected chi connectivity index (χ0v) is 12.0. The number of ether oxygens (including phenoxy) is 1. The molecule has 0 unspecified atom stereocenters. The minimum atomic E-state index is -0.679. The highest BCUT2D eigenvalue weighted by Crippen LogP contribution is 2.25. The van der Waals surface area contributed by atoms with Crippen LogP contribution < -0.4 is 4.74 Å². The van der Waals surface area contributed by atoms with Crippen LogP contribution in [0, 0.1) is 18.6 Å². The van der Waals surface area contributed by atoms with Gasteiger partial charge in [0.2, 0.25) is 0 Å². The minimum Gasteiger partial charge on any atom is -0.483 e. The summed E-state index contributed by atoms with van der Waals surface area (Å²) in [4.78, 5) is 0. The molecule has 0 aliphatic rings. The second-order valence-electron chi connectivity index (χ2n) is 4.30. The lowest BCUT2D eigenvalue weighted by atomic mass is 10.1. The smallest absolute Gasteiger partial charge is 0.191 e. The lowest BCUT2D eigenvalue weighted by Gasteiger charge is -2.10. The van der Waals surface area contributed by atoms with Crippen LogP contribution in [-0.4, -0.2) is 0 Å². The standard InChI is InChI=1S/C15H13BrF2O/c1-10-3-2-4-11(5-10)9-19-15-13(17)6-12(8-16)7-14(15)18/h2-7H,8-9H2,1H3. The monoisotopic (exact) mass is 326 g/mol. The molecule has 0 amide bonds. The number of hydrogen-bond acceptors (Lipinski definition) is 1. The van der Waals surface area contributed by atoms with Gasteiger partial charge in [0.05, 0.1) is 0 Å². The predicted octanol–water partition coefficient (Wildman–Crippen LogP) is 4.75. The van der Waals surface area contributed by atoms with Crippen molar-refractivity contribution in [2.24, 2.45) is 0 Å². The van der Waals surface area contributed by atoms with Crippen molar-refractivity contribution < 1.29 is 13.5 Å². The van der Waals surface area contributed by atoms with Gasteiger partial charge in [-0.2, -0.15) is 0 Å². The predicted molar refractivity (Wildman–Crippen MR) is 74.5 cm³/mol. The normalized spacial score (nSPS) is 10.5. The van der Waals surface area contributed by atoms with Gasteiger partial charge in [0.15, 0.2) is 17.4 Å². The van der Waals surface area contributed by atoms with Crippen molar-refractivity contribution in [1.82, 2.24) is 0 Å². The highest BCUT2D eigenvalue weighted by atomic mass is 79.9. The van der Waals surface area contributed by atoms with Gasteiger partial charge in [-0.25, -0.2) is 8.78 Å². The Morgan fingerprint density at radius 3 is 2.32 bits per heavy atom. The van der Waals surface area contributed by atoms with Gasteiger partial charge in [0.1, 0.15) is 6.61 Å². The lowest BCUT2D eigenvalue weighted by molar-refractivity contribution is 0.274. The molecule has 0 saturated carbocycles.